The van der Waals surface area contributed by atoms with Crippen molar-refractivity contribution in [1.82, 2.24) is 5.32 Å². The molecular formula is C14H27N. The zero-order valence-electron chi connectivity index (χ0n) is 10.4. The zero-order valence-corrected chi connectivity index (χ0v) is 10.4. The second-order valence-electron chi connectivity index (χ2n) is 5.82. The molecule has 88 valence electrons. The smallest absolute Gasteiger partial charge is 0.00684 e. The average Bonchev–Trinajstić information content (AvgIpc) is 3.12. The molecule has 1 N–H and O–H groups in total. The first-order chi connectivity index (χ1) is 7.35. The molecule has 0 unspecified atom stereocenters. The molecule has 0 spiro atoms. The summed E-state index contributed by atoms with van der Waals surface area (Å²) in [5.74, 6) is 0. The highest BCUT2D eigenvalue weighted by molar-refractivity contribution is 4.96. The maximum atomic E-state index is 3.71. The third-order valence-electron chi connectivity index (χ3n) is 4.11. The van der Waals surface area contributed by atoms with E-state index >= 15 is 0 Å². The molecule has 0 atom stereocenters. The molecular weight excluding hydrogens is 182 g/mol. The van der Waals surface area contributed by atoms with E-state index < -0.39 is 0 Å². The third kappa shape index (κ3) is 4.14. The Labute approximate surface area is 95.0 Å². The minimum atomic E-state index is 0.759. The Morgan fingerprint density at radius 3 is 2.40 bits per heavy atom. The summed E-state index contributed by atoms with van der Waals surface area (Å²) in [4.78, 5) is 0. The Kier molecular flexibility index (Phi) is 4.07. The molecule has 0 aromatic rings. The van der Waals surface area contributed by atoms with E-state index in [9.17, 15) is 0 Å². The molecule has 1 heteroatoms. The SMILES string of the molecule is CCCCCCCC1(CNC2CC2)CC1. The summed E-state index contributed by atoms with van der Waals surface area (Å²) in [5, 5.41) is 3.71. The van der Waals surface area contributed by atoms with Crippen molar-refractivity contribution >= 4 is 0 Å². The van der Waals surface area contributed by atoms with E-state index in [0.717, 1.165) is 11.5 Å². The van der Waals surface area contributed by atoms with Gasteiger partial charge in [0.05, 0.1) is 0 Å². The van der Waals surface area contributed by atoms with Gasteiger partial charge in [-0.1, -0.05) is 39.0 Å². The molecule has 0 radical (unpaired) electrons. The fourth-order valence-electron chi connectivity index (χ4n) is 2.44. The van der Waals surface area contributed by atoms with Crippen LogP contribution in [0, 0.1) is 5.41 Å². The van der Waals surface area contributed by atoms with Gasteiger partial charge < -0.3 is 5.32 Å². The van der Waals surface area contributed by atoms with Crippen molar-refractivity contribution in [3.05, 3.63) is 0 Å². The highest BCUT2D eigenvalue weighted by Crippen LogP contribution is 2.49. The van der Waals surface area contributed by atoms with Crippen molar-refractivity contribution < 1.29 is 0 Å². The van der Waals surface area contributed by atoms with Crippen LogP contribution in [0.25, 0.3) is 0 Å². The lowest BCUT2D eigenvalue weighted by atomic mass is 9.97. The van der Waals surface area contributed by atoms with Gasteiger partial charge in [0.2, 0.25) is 0 Å². The predicted molar refractivity (Wildman–Crippen MR) is 66.1 cm³/mol. The van der Waals surface area contributed by atoms with Crippen molar-refractivity contribution in [3.63, 3.8) is 0 Å². The van der Waals surface area contributed by atoms with Gasteiger partial charge in [-0.2, -0.15) is 0 Å². The van der Waals surface area contributed by atoms with Gasteiger partial charge in [0.1, 0.15) is 0 Å². The standard InChI is InChI=1S/C14H27N/c1-2-3-4-5-6-9-14(10-11-14)12-15-13-7-8-13/h13,15H,2-12H2,1H3. The number of hydrogen-bond acceptors (Lipinski definition) is 1. The van der Waals surface area contributed by atoms with Gasteiger partial charge >= 0.3 is 0 Å². The molecule has 0 aliphatic heterocycles. The van der Waals surface area contributed by atoms with Crippen LogP contribution in [0.4, 0.5) is 0 Å². The van der Waals surface area contributed by atoms with Crippen LogP contribution < -0.4 is 5.32 Å². The van der Waals surface area contributed by atoms with Gasteiger partial charge in [-0.05, 0) is 37.5 Å². The van der Waals surface area contributed by atoms with Crippen molar-refractivity contribution in [2.24, 2.45) is 5.41 Å². The summed E-state index contributed by atoms with van der Waals surface area (Å²) < 4.78 is 0. The number of unbranched alkanes of at least 4 members (excludes halogenated alkanes) is 4. The van der Waals surface area contributed by atoms with Gasteiger partial charge in [0, 0.05) is 12.6 Å². The lowest BCUT2D eigenvalue weighted by Crippen LogP contribution is -2.25. The topological polar surface area (TPSA) is 12.0 Å². The van der Waals surface area contributed by atoms with Crippen LogP contribution in [0.1, 0.15) is 71.1 Å². The Morgan fingerprint density at radius 2 is 1.80 bits per heavy atom. The van der Waals surface area contributed by atoms with Crippen molar-refractivity contribution in [2.75, 3.05) is 6.54 Å². The number of nitrogens with one attached hydrogen (secondary N) is 1. The van der Waals surface area contributed by atoms with Crippen LogP contribution in [0.2, 0.25) is 0 Å². The summed E-state index contributed by atoms with van der Waals surface area (Å²) in [5.41, 5.74) is 0.759. The molecule has 0 bridgehead atoms. The molecule has 0 amide bonds. The van der Waals surface area contributed by atoms with Gasteiger partial charge in [-0.15, -0.1) is 0 Å². The van der Waals surface area contributed by atoms with Crippen molar-refractivity contribution in [2.45, 2.75) is 77.2 Å². The molecule has 2 rings (SSSR count). The minimum absolute atomic E-state index is 0.759. The largest absolute Gasteiger partial charge is 0.313 e. The second-order valence-corrected chi connectivity index (χ2v) is 5.82. The van der Waals surface area contributed by atoms with Crippen LogP contribution in [-0.4, -0.2) is 12.6 Å². The second kappa shape index (κ2) is 5.34. The van der Waals surface area contributed by atoms with Gasteiger partial charge in [-0.3, -0.25) is 0 Å². The molecule has 0 aromatic carbocycles. The van der Waals surface area contributed by atoms with E-state index in [1.807, 2.05) is 0 Å². The van der Waals surface area contributed by atoms with E-state index in [1.165, 1.54) is 70.8 Å². The molecule has 2 aliphatic rings. The summed E-state index contributed by atoms with van der Waals surface area (Å²) in [6.07, 6.45) is 14.6. The minimum Gasteiger partial charge on any atom is -0.313 e. The van der Waals surface area contributed by atoms with Crippen molar-refractivity contribution in [3.8, 4) is 0 Å². The normalized spacial score (nSPS) is 23.0. The lowest BCUT2D eigenvalue weighted by molar-refractivity contribution is 0.402. The molecule has 2 fully saturated rings. The number of hydrogen-bond donors (Lipinski definition) is 1. The van der Waals surface area contributed by atoms with Crippen LogP contribution in [0.15, 0.2) is 0 Å². The molecule has 15 heavy (non-hydrogen) atoms. The van der Waals surface area contributed by atoms with E-state index in [2.05, 4.69) is 12.2 Å². The van der Waals surface area contributed by atoms with Crippen molar-refractivity contribution in [1.29, 1.82) is 0 Å². The van der Waals surface area contributed by atoms with Crippen LogP contribution >= 0.6 is 0 Å². The molecule has 2 aliphatic carbocycles. The van der Waals surface area contributed by atoms with E-state index in [1.54, 1.807) is 0 Å². The maximum Gasteiger partial charge on any atom is 0.00684 e. The predicted octanol–water partition coefficient (Wildman–Crippen LogP) is 3.88. The first kappa shape index (κ1) is 11.4. The Bertz CT molecular complexity index is 180. The summed E-state index contributed by atoms with van der Waals surface area (Å²) >= 11 is 0. The lowest BCUT2D eigenvalue weighted by Gasteiger charge is -2.15. The Morgan fingerprint density at radius 1 is 1.07 bits per heavy atom. The van der Waals surface area contributed by atoms with Gasteiger partial charge in [0.25, 0.3) is 0 Å². The van der Waals surface area contributed by atoms with E-state index in [4.69, 9.17) is 0 Å². The fraction of sp³-hybridized carbons (Fsp3) is 1.00. The monoisotopic (exact) mass is 209 g/mol. The summed E-state index contributed by atoms with van der Waals surface area (Å²) in [6.45, 7) is 3.62. The molecule has 0 saturated heterocycles. The highest BCUT2D eigenvalue weighted by atomic mass is 15.0. The highest BCUT2D eigenvalue weighted by Gasteiger charge is 2.42. The van der Waals surface area contributed by atoms with Crippen LogP contribution in [0.3, 0.4) is 0 Å². The fourth-order valence-corrected chi connectivity index (χ4v) is 2.44. The number of rotatable bonds is 9. The molecule has 1 nitrogen and oxygen atoms in total. The Hall–Kier alpha value is -0.0400. The Balaban J connectivity index is 1.49. The van der Waals surface area contributed by atoms with Gasteiger partial charge in [-0.25, -0.2) is 0 Å². The van der Waals surface area contributed by atoms with Gasteiger partial charge in [0.15, 0.2) is 0 Å². The maximum absolute atomic E-state index is 3.71. The first-order valence-corrected chi connectivity index (χ1v) is 7.08. The quantitative estimate of drug-likeness (QED) is 0.568. The average molecular weight is 209 g/mol. The third-order valence-corrected chi connectivity index (χ3v) is 4.11. The summed E-state index contributed by atoms with van der Waals surface area (Å²) in [6, 6.07) is 0.905. The van der Waals surface area contributed by atoms with Crippen LogP contribution in [0.5, 0.6) is 0 Å². The molecule has 0 aromatic heterocycles. The summed E-state index contributed by atoms with van der Waals surface area (Å²) in [7, 11) is 0. The van der Waals surface area contributed by atoms with Crippen LogP contribution in [-0.2, 0) is 0 Å². The zero-order chi connectivity index (χ0) is 10.6. The first-order valence-electron chi connectivity index (χ1n) is 7.08. The van der Waals surface area contributed by atoms with E-state index in [0.29, 0.717) is 0 Å². The molecule has 2 saturated carbocycles. The molecule has 0 heterocycles. The van der Waals surface area contributed by atoms with E-state index in [-0.39, 0.29) is 0 Å².